The number of hydrogen-bond acceptors (Lipinski definition) is 2. The van der Waals surface area contributed by atoms with Crippen LogP contribution in [0.15, 0.2) is 11.8 Å². The van der Waals surface area contributed by atoms with Crippen LogP contribution in [0.1, 0.15) is 119 Å². The number of rotatable bonds is 6. The lowest BCUT2D eigenvalue weighted by Gasteiger charge is -2.59. The number of ether oxygens (including phenoxy) is 1. The highest BCUT2D eigenvalue weighted by molar-refractivity contribution is 5.67. The number of carbonyl (C=O) groups excluding carboxylic acids is 1. The lowest BCUT2D eigenvalue weighted by molar-refractivity contribution is -0.138. The van der Waals surface area contributed by atoms with Crippen LogP contribution in [-0.4, -0.2) is 5.97 Å². The number of fused-ring (bicyclic) bond motifs is 5. The summed E-state index contributed by atoms with van der Waals surface area (Å²) in [7, 11) is 0. The Hall–Kier alpha value is -0.790. The quantitative estimate of drug-likeness (QED) is 0.385. The van der Waals surface area contributed by atoms with Gasteiger partial charge in [0, 0.05) is 13.3 Å². The van der Waals surface area contributed by atoms with Crippen LogP contribution < -0.4 is 0 Å². The molecule has 0 aromatic carbocycles. The first-order valence-electron chi connectivity index (χ1n) is 14.0. The molecule has 0 aliphatic heterocycles. The van der Waals surface area contributed by atoms with Gasteiger partial charge in [-0.05, 0) is 110 Å². The second-order valence-electron chi connectivity index (χ2n) is 13.2. The maximum atomic E-state index is 11.6. The predicted molar refractivity (Wildman–Crippen MR) is 133 cm³/mol. The van der Waals surface area contributed by atoms with Crippen molar-refractivity contribution in [3.8, 4) is 0 Å². The summed E-state index contributed by atoms with van der Waals surface area (Å²) in [6, 6.07) is 0. The van der Waals surface area contributed by atoms with Gasteiger partial charge in [-0.3, -0.25) is 4.79 Å². The molecule has 182 valence electrons. The first kappa shape index (κ1) is 24.3. The van der Waals surface area contributed by atoms with E-state index < -0.39 is 0 Å². The molecular weight excluding hydrogens is 392 g/mol. The van der Waals surface area contributed by atoms with Crippen LogP contribution in [0.5, 0.6) is 0 Å². The number of allylic oxidation sites excluding steroid dienone is 2. The summed E-state index contributed by atoms with van der Waals surface area (Å²) in [5.74, 6) is 6.92. The lowest BCUT2D eigenvalue weighted by atomic mass is 9.45. The van der Waals surface area contributed by atoms with Gasteiger partial charge in [0.15, 0.2) is 0 Å². The molecule has 0 N–H and O–H groups in total. The second-order valence-corrected chi connectivity index (χ2v) is 13.2. The van der Waals surface area contributed by atoms with E-state index in [4.69, 9.17) is 4.74 Å². The van der Waals surface area contributed by atoms with Crippen molar-refractivity contribution < 1.29 is 9.53 Å². The van der Waals surface area contributed by atoms with Crippen molar-refractivity contribution in [1.29, 1.82) is 0 Å². The lowest BCUT2D eigenvalue weighted by Crippen LogP contribution is -2.52. The third-order valence-corrected chi connectivity index (χ3v) is 11.0. The molecule has 0 radical (unpaired) electrons. The normalized spacial score (nSPS) is 42.3. The SMILES string of the molecule is CC(=O)OC1=CCC[C@@]2(C)[C@@H](CC[C@@H]3[C@H]2CC[C@]2(C)[C@@H]3CC[C@H]2[C@H](C)CCCC(C)C)C1. The van der Waals surface area contributed by atoms with E-state index in [1.165, 1.54) is 64.2 Å². The molecule has 2 heteroatoms. The largest absolute Gasteiger partial charge is 0.432 e. The third kappa shape index (κ3) is 4.46. The van der Waals surface area contributed by atoms with Crippen molar-refractivity contribution in [2.75, 3.05) is 0 Å². The molecule has 8 atom stereocenters. The summed E-state index contributed by atoms with van der Waals surface area (Å²) in [6.45, 7) is 14.2. The van der Waals surface area contributed by atoms with Gasteiger partial charge in [-0.2, -0.15) is 0 Å². The van der Waals surface area contributed by atoms with Crippen molar-refractivity contribution in [2.45, 2.75) is 119 Å². The maximum Gasteiger partial charge on any atom is 0.307 e. The van der Waals surface area contributed by atoms with E-state index in [9.17, 15) is 4.79 Å². The molecule has 3 fully saturated rings. The zero-order chi connectivity index (χ0) is 23.1. The van der Waals surface area contributed by atoms with Gasteiger partial charge < -0.3 is 4.74 Å². The molecule has 4 rings (SSSR count). The van der Waals surface area contributed by atoms with Crippen LogP contribution in [0, 0.1) is 52.3 Å². The molecule has 0 heterocycles. The molecule has 32 heavy (non-hydrogen) atoms. The van der Waals surface area contributed by atoms with E-state index in [1.807, 2.05) is 0 Å². The van der Waals surface area contributed by atoms with E-state index in [0.717, 1.165) is 54.1 Å². The zero-order valence-electron chi connectivity index (χ0n) is 21.9. The second kappa shape index (κ2) is 9.46. The van der Waals surface area contributed by atoms with Crippen LogP contribution >= 0.6 is 0 Å². The van der Waals surface area contributed by atoms with Crippen LogP contribution in [-0.2, 0) is 9.53 Å². The molecular formula is C30H50O2. The van der Waals surface area contributed by atoms with E-state index >= 15 is 0 Å². The smallest absolute Gasteiger partial charge is 0.307 e. The maximum absolute atomic E-state index is 11.6. The minimum absolute atomic E-state index is 0.151. The van der Waals surface area contributed by atoms with Crippen molar-refractivity contribution in [3.05, 3.63) is 11.8 Å². The molecule has 0 amide bonds. The Balaban J connectivity index is 1.46. The van der Waals surface area contributed by atoms with Crippen LogP contribution in [0.4, 0.5) is 0 Å². The van der Waals surface area contributed by atoms with Gasteiger partial charge >= 0.3 is 5.97 Å². The first-order chi connectivity index (χ1) is 15.1. The minimum atomic E-state index is -0.151. The van der Waals surface area contributed by atoms with Crippen LogP contribution in [0.3, 0.4) is 0 Å². The Morgan fingerprint density at radius 2 is 1.75 bits per heavy atom. The summed E-state index contributed by atoms with van der Waals surface area (Å²) < 4.78 is 5.60. The van der Waals surface area contributed by atoms with Crippen molar-refractivity contribution in [1.82, 2.24) is 0 Å². The highest BCUT2D eigenvalue weighted by atomic mass is 16.5. The molecule has 0 saturated heterocycles. The third-order valence-electron chi connectivity index (χ3n) is 11.0. The Morgan fingerprint density at radius 1 is 1.00 bits per heavy atom. The highest BCUT2D eigenvalue weighted by Gasteiger charge is 2.60. The monoisotopic (exact) mass is 442 g/mol. The molecule has 4 aliphatic carbocycles. The van der Waals surface area contributed by atoms with E-state index in [2.05, 4.69) is 40.7 Å². The molecule has 3 saturated carbocycles. The summed E-state index contributed by atoms with van der Waals surface area (Å²) in [4.78, 5) is 11.6. The fraction of sp³-hybridized carbons (Fsp3) is 0.900. The van der Waals surface area contributed by atoms with Gasteiger partial charge in [-0.15, -0.1) is 0 Å². The van der Waals surface area contributed by atoms with Gasteiger partial charge in [0.05, 0.1) is 0 Å². The van der Waals surface area contributed by atoms with Gasteiger partial charge in [0.1, 0.15) is 5.76 Å². The number of hydrogen-bond donors (Lipinski definition) is 0. The van der Waals surface area contributed by atoms with Crippen LogP contribution in [0.2, 0.25) is 0 Å². The van der Waals surface area contributed by atoms with Gasteiger partial charge in [0.2, 0.25) is 0 Å². The topological polar surface area (TPSA) is 26.3 Å². The van der Waals surface area contributed by atoms with E-state index in [1.54, 1.807) is 6.92 Å². The Kier molecular flexibility index (Phi) is 7.19. The molecule has 2 nitrogen and oxygen atoms in total. The Labute approximate surface area is 198 Å². The van der Waals surface area contributed by atoms with E-state index in [0.29, 0.717) is 16.7 Å². The van der Waals surface area contributed by atoms with Crippen molar-refractivity contribution in [3.63, 3.8) is 0 Å². The zero-order valence-corrected chi connectivity index (χ0v) is 21.9. The molecule has 0 aromatic heterocycles. The van der Waals surface area contributed by atoms with Gasteiger partial charge in [0.25, 0.3) is 0 Å². The molecule has 4 aliphatic rings. The average Bonchev–Trinajstić information content (AvgIpc) is 2.97. The highest BCUT2D eigenvalue weighted by Crippen LogP contribution is 2.68. The van der Waals surface area contributed by atoms with E-state index in [-0.39, 0.29) is 5.97 Å². The Morgan fingerprint density at radius 3 is 2.47 bits per heavy atom. The molecule has 0 spiro atoms. The number of esters is 1. The molecule has 0 bridgehead atoms. The molecule has 0 unspecified atom stereocenters. The van der Waals surface area contributed by atoms with Crippen molar-refractivity contribution in [2.24, 2.45) is 52.3 Å². The average molecular weight is 443 g/mol. The fourth-order valence-corrected chi connectivity index (χ4v) is 9.42. The number of carbonyl (C=O) groups is 1. The Bertz CT molecular complexity index is 708. The van der Waals surface area contributed by atoms with Crippen molar-refractivity contribution >= 4 is 5.97 Å². The van der Waals surface area contributed by atoms with Gasteiger partial charge in [-0.25, -0.2) is 0 Å². The van der Waals surface area contributed by atoms with Crippen LogP contribution in [0.25, 0.3) is 0 Å². The summed E-state index contributed by atoms with van der Waals surface area (Å²) >= 11 is 0. The standard InChI is InChI=1S/C30H50O2/c1-20(2)9-7-10-21(3)26-14-15-27-25-13-12-23-19-24(32-22(4)31)11-8-17-29(23,5)28(25)16-18-30(26,27)6/h11,20-21,23,25-28H,7-10,12-19H2,1-6H3/t21-,23+,25+,26+,27-,28-,29+,30+/m1/s1. The minimum Gasteiger partial charge on any atom is -0.432 e. The molecule has 0 aromatic rings. The summed E-state index contributed by atoms with van der Waals surface area (Å²) in [6.07, 6.45) is 18.4. The fourth-order valence-electron chi connectivity index (χ4n) is 9.42. The predicted octanol–water partition coefficient (Wildman–Crippen LogP) is 8.55. The first-order valence-corrected chi connectivity index (χ1v) is 14.0. The summed E-state index contributed by atoms with van der Waals surface area (Å²) in [5.41, 5.74) is 0.997. The summed E-state index contributed by atoms with van der Waals surface area (Å²) in [5, 5.41) is 0. The van der Waals surface area contributed by atoms with Gasteiger partial charge in [-0.1, -0.05) is 53.9 Å².